The van der Waals surface area contributed by atoms with Gasteiger partial charge in [-0.3, -0.25) is 0 Å². The maximum Gasteiger partial charge on any atom is 0.330 e. The minimum atomic E-state index is -0.425. The predicted octanol–water partition coefficient (Wildman–Crippen LogP) is 8.61. The van der Waals surface area contributed by atoms with Crippen LogP contribution in [0.2, 0.25) is 0 Å². The predicted molar refractivity (Wildman–Crippen MR) is 173 cm³/mol. The summed E-state index contributed by atoms with van der Waals surface area (Å²) in [5, 5.41) is 0. The molecule has 42 heavy (non-hydrogen) atoms. The summed E-state index contributed by atoms with van der Waals surface area (Å²) < 4.78 is 14.8. The van der Waals surface area contributed by atoms with Crippen LogP contribution in [0.5, 0.6) is 0 Å². The quantitative estimate of drug-likeness (QED) is 0.0625. The second kappa shape index (κ2) is 22.4. The molecule has 0 saturated carbocycles. The average molecular weight is 583 g/mol. The van der Waals surface area contributed by atoms with Crippen molar-refractivity contribution in [2.45, 2.75) is 117 Å². The molecule has 0 bridgehead atoms. The van der Waals surface area contributed by atoms with Gasteiger partial charge >= 0.3 is 17.9 Å². The van der Waals surface area contributed by atoms with E-state index >= 15 is 0 Å². The van der Waals surface area contributed by atoms with Crippen LogP contribution in [-0.4, -0.2) is 39.2 Å². The lowest BCUT2D eigenvalue weighted by Crippen LogP contribution is -2.10. The van der Waals surface area contributed by atoms with Gasteiger partial charge in [-0.25, -0.2) is 14.4 Å². The number of hydrogen-bond acceptors (Lipinski definition) is 6. The van der Waals surface area contributed by atoms with E-state index in [0.29, 0.717) is 0 Å². The first-order valence-electron chi connectivity index (χ1n) is 15.9. The Bertz CT molecular complexity index is 909. The molecule has 6 heteroatoms. The van der Waals surface area contributed by atoms with Crippen LogP contribution in [0.1, 0.15) is 131 Å². The highest BCUT2D eigenvalue weighted by Crippen LogP contribution is 2.36. The Morgan fingerprint density at radius 2 is 0.714 bits per heavy atom. The maximum absolute atomic E-state index is 12.3. The van der Waals surface area contributed by atoms with E-state index in [9.17, 15) is 14.4 Å². The highest BCUT2D eigenvalue weighted by Gasteiger charge is 2.21. The molecule has 6 nitrogen and oxygen atoms in total. The molecule has 234 valence electrons. The third-order valence-electron chi connectivity index (χ3n) is 7.55. The number of carbonyl (C=O) groups excluding carboxylic acids is 3. The Labute approximate surface area is 254 Å². The van der Waals surface area contributed by atoms with Gasteiger partial charge in [0.05, 0.1) is 21.3 Å². The molecule has 0 aliphatic rings. The molecule has 0 aliphatic heterocycles. The first-order chi connectivity index (χ1) is 20.4. The highest BCUT2D eigenvalue weighted by molar-refractivity contribution is 5.92. The van der Waals surface area contributed by atoms with Gasteiger partial charge in [0.1, 0.15) is 0 Å². The van der Waals surface area contributed by atoms with Gasteiger partial charge in [-0.2, -0.15) is 0 Å². The zero-order valence-electron chi connectivity index (χ0n) is 27.0. The Balaban J connectivity index is 4.14. The molecule has 0 saturated heterocycles. The molecule has 0 heterocycles. The minimum Gasteiger partial charge on any atom is -0.466 e. The van der Waals surface area contributed by atoms with Crippen molar-refractivity contribution in [3.8, 4) is 0 Å². The van der Waals surface area contributed by atoms with Crippen molar-refractivity contribution in [3.05, 3.63) is 51.6 Å². The van der Waals surface area contributed by atoms with E-state index in [0.717, 1.165) is 130 Å². The molecular formula is C36H54O6. The Kier molecular flexibility index (Phi) is 19.7. The molecular weight excluding hydrogens is 528 g/mol. The lowest BCUT2D eigenvalue weighted by molar-refractivity contribution is -0.135. The van der Waals surface area contributed by atoms with E-state index in [4.69, 9.17) is 14.2 Å². The molecule has 0 unspecified atom stereocenters. The fraction of sp³-hybridized carbons (Fsp3) is 0.583. The van der Waals surface area contributed by atoms with Gasteiger partial charge in [-0.15, -0.1) is 0 Å². The second-order valence-electron chi connectivity index (χ2n) is 10.7. The molecule has 0 N–H and O–H groups in total. The van der Waals surface area contributed by atoms with Crippen molar-refractivity contribution in [2.24, 2.45) is 0 Å². The zero-order chi connectivity index (χ0) is 31.2. The summed E-state index contributed by atoms with van der Waals surface area (Å²) in [5.41, 5.74) is 6.28. The van der Waals surface area contributed by atoms with Gasteiger partial charge in [0, 0.05) is 18.2 Å². The summed E-state index contributed by atoms with van der Waals surface area (Å²) in [7, 11) is 4.12. The van der Waals surface area contributed by atoms with Crippen LogP contribution in [0.25, 0.3) is 18.2 Å². The lowest BCUT2D eigenvalue weighted by atomic mass is 9.80. The van der Waals surface area contributed by atoms with Crippen LogP contribution in [-0.2, 0) is 47.9 Å². The molecule has 0 amide bonds. The Hall–Kier alpha value is -3.15. The number of hydrogen-bond donors (Lipinski definition) is 0. The highest BCUT2D eigenvalue weighted by atomic mass is 16.5. The monoisotopic (exact) mass is 582 g/mol. The van der Waals surface area contributed by atoms with Gasteiger partial charge in [0.2, 0.25) is 0 Å². The van der Waals surface area contributed by atoms with Crippen molar-refractivity contribution < 1.29 is 28.6 Å². The average Bonchev–Trinajstić information content (AvgIpc) is 3.00. The summed E-state index contributed by atoms with van der Waals surface area (Å²) >= 11 is 0. The molecule has 0 radical (unpaired) electrons. The molecule has 0 aliphatic carbocycles. The zero-order valence-corrected chi connectivity index (χ0v) is 27.0. The lowest BCUT2D eigenvalue weighted by Gasteiger charge is -2.24. The van der Waals surface area contributed by atoms with E-state index in [1.165, 1.54) is 39.6 Å². The van der Waals surface area contributed by atoms with E-state index in [2.05, 4.69) is 20.8 Å². The molecule has 0 fully saturated rings. The first kappa shape index (κ1) is 36.9. The van der Waals surface area contributed by atoms with E-state index in [1.807, 2.05) is 18.2 Å². The summed E-state index contributed by atoms with van der Waals surface area (Å²) in [5.74, 6) is -1.28. The molecule has 1 aromatic rings. The SMILES string of the molecule is CCCCCCc1c(/C=C/C(=O)OC)c(CCCCCC)c(/C=C/C(=O)OC)c(CCCCCC)c1/C=C/C(=O)OC. The molecule has 1 rings (SSSR count). The van der Waals surface area contributed by atoms with Crippen LogP contribution in [0, 0.1) is 0 Å². The minimum absolute atomic E-state index is 0.425. The topological polar surface area (TPSA) is 78.9 Å². The number of ether oxygens (including phenoxy) is 3. The van der Waals surface area contributed by atoms with Gasteiger partial charge in [-0.05, 0) is 90.1 Å². The number of unbranched alkanes of at least 4 members (excludes halogenated alkanes) is 9. The van der Waals surface area contributed by atoms with Crippen LogP contribution in [0.15, 0.2) is 18.2 Å². The number of rotatable bonds is 21. The van der Waals surface area contributed by atoms with Crippen molar-refractivity contribution in [3.63, 3.8) is 0 Å². The number of methoxy groups -OCH3 is 3. The molecule has 0 aromatic heterocycles. The smallest absolute Gasteiger partial charge is 0.330 e. The van der Waals surface area contributed by atoms with Gasteiger partial charge in [-0.1, -0.05) is 78.6 Å². The van der Waals surface area contributed by atoms with Crippen molar-refractivity contribution in [1.29, 1.82) is 0 Å². The summed E-state index contributed by atoms with van der Waals surface area (Å²) in [6.45, 7) is 6.58. The fourth-order valence-corrected chi connectivity index (χ4v) is 5.24. The second-order valence-corrected chi connectivity index (χ2v) is 10.7. The summed E-state index contributed by atoms with van der Waals surface area (Å²) in [4.78, 5) is 36.9. The normalized spacial score (nSPS) is 11.6. The molecule has 0 atom stereocenters. The molecule has 0 spiro atoms. The maximum atomic E-state index is 12.3. The van der Waals surface area contributed by atoms with Crippen LogP contribution in [0.3, 0.4) is 0 Å². The Morgan fingerprint density at radius 3 is 0.929 bits per heavy atom. The largest absolute Gasteiger partial charge is 0.466 e. The van der Waals surface area contributed by atoms with Crippen LogP contribution < -0.4 is 0 Å². The first-order valence-corrected chi connectivity index (χ1v) is 15.9. The van der Waals surface area contributed by atoms with Gasteiger partial charge < -0.3 is 14.2 Å². The fourth-order valence-electron chi connectivity index (χ4n) is 5.24. The third-order valence-corrected chi connectivity index (χ3v) is 7.55. The van der Waals surface area contributed by atoms with Gasteiger partial charge in [0.25, 0.3) is 0 Å². The number of carbonyl (C=O) groups is 3. The van der Waals surface area contributed by atoms with E-state index in [-0.39, 0.29) is 0 Å². The van der Waals surface area contributed by atoms with Crippen molar-refractivity contribution >= 4 is 36.1 Å². The number of benzene rings is 1. The third kappa shape index (κ3) is 13.2. The van der Waals surface area contributed by atoms with Crippen molar-refractivity contribution in [2.75, 3.05) is 21.3 Å². The van der Waals surface area contributed by atoms with E-state index in [1.54, 1.807) is 0 Å². The molecule has 1 aromatic carbocycles. The van der Waals surface area contributed by atoms with Crippen molar-refractivity contribution in [1.82, 2.24) is 0 Å². The van der Waals surface area contributed by atoms with E-state index < -0.39 is 17.9 Å². The summed E-state index contributed by atoms with van der Waals surface area (Å²) in [6.07, 6.45) is 25.6. The van der Waals surface area contributed by atoms with Crippen LogP contribution in [0.4, 0.5) is 0 Å². The van der Waals surface area contributed by atoms with Crippen LogP contribution >= 0.6 is 0 Å². The summed E-state index contributed by atoms with van der Waals surface area (Å²) in [6, 6.07) is 0. The van der Waals surface area contributed by atoms with Gasteiger partial charge in [0.15, 0.2) is 0 Å². The Morgan fingerprint density at radius 1 is 0.452 bits per heavy atom. The number of esters is 3. The standard InChI is InChI=1S/C36H54O6/c1-7-10-13-16-19-28-31(22-25-34(37)40-4)29(20-17-14-11-8-2)33(24-27-36(39)42-6)30(21-18-15-12-9-3)32(28)23-26-35(38)41-5/h22-27H,7-21H2,1-6H3/b25-22+,26-23+,27-24+.